The number of hydrogen-bond acceptors (Lipinski definition) is 4. The first-order valence-corrected chi connectivity index (χ1v) is 4.99. The number of aryl methyl sites for hydroxylation is 1. The van der Waals surface area contributed by atoms with E-state index in [1.807, 2.05) is 24.3 Å². The molecule has 1 aromatic carbocycles. The molecule has 7 heteroatoms. The first-order chi connectivity index (χ1) is 7.65. The molecule has 0 saturated carbocycles. The van der Waals surface area contributed by atoms with Gasteiger partial charge in [-0.1, -0.05) is 0 Å². The highest BCUT2D eigenvalue weighted by Crippen LogP contribution is 2.11. The molecule has 0 aliphatic carbocycles. The van der Waals surface area contributed by atoms with Crippen molar-refractivity contribution in [3.63, 3.8) is 0 Å². The number of tetrazole rings is 1. The predicted molar refractivity (Wildman–Crippen MR) is 64.3 cm³/mol. The molecule has 0 spiro atoms. The lowest BCUT2D eigenvalue weighted by Gasteiger charge is -2.04. The highest BCUT2D eigenvalue weighted by molar-refractivity contribution is 7.80. The van der Waals surface area contributed by atoms with Gasteiger partial charge in [0.25, 0.3) is 0 Å². The summed E-state index contributed by atoms with van der Waals surface area (Å²) in [5.74, 6) is 0.630. The van der Waals surface area contributed by atoms with E-state index in [9.17, 15) is 0 Å². The number of hydrogen-bond donors (Lipinski definition) is 2. The Morgan fingerprint density at radius 2 is 2.06 bits per heavy atom. The van der Waals surface area contributed by atoms with Gasteiger partial charge in [0.05, 0.1) is 5.69 Å². The van der Waals surface area contributed by atoms with Crippen LogP contribution in [-0.4, -0.2) is 25.3 Å². The second-order valence-corrected chi connectivity index (χ2v) is 3.60. The molecule has 1 heterocycles. The van der Waals surface area contributed by atoms with Crippen molar-refractivity contribution in [2.24, 2.45) is 5.73 Å². The lowest BCUT2D eigenvalue weighted by atomic mass is 10.3. The molecule has 0 bridgehead atoms. The van der Waals surface area contributed by atoms with Gasteiger partial charge in [-0.15, -0.1) is 15.0 Å². The van der Waals surface area contributed by atoms with Crippen molar-refractivity contribution in [2.75, 3.05) is 5.32 Å². The summed E-state index contributed by atoms with van der Waals surface area (Å²) in [6.45, 7) is 1.78. The Kier molecular flexibility index (Phi) is 2.78. The zero-order chi connectivity index (χ0) is 11.5. The van der Waals surface area contributed by atoms with Gasteiger partial charge >= 0.3 is 0 Å². The van der Waals surface area contributed by atoms with E-state index in [4.69, 9.17) is 18.0 Å². The standard InChI is InChI=1S/C9H10N6S/c1-6-12-14-15(13-6)8-4-2-7(3-5-8)11-9(10)16/h2-5H,1H3,(H3,10,11,16). The number of benzene rings is 1. The summed E-state index contributed by atoms with van der Waals surface area (Å²) in [5.41, 5.74) is 7.01. The van der Waals surface area contributed by atoms with E-state index in [2.05, 4.69) is 20.7 Å². The van der Waals surface area contributed by atoms with Crippen molar-refractivity contribution in [2.45, 2.75) is 6.92 Å². The molecule has 0 unspecified atom stereocenters. The van der Waals surface area contributed by atoms with Gasteiger partial charge in [0.1, 0.15) is 0 Å². The molecule has 2 aromatic rings. The quantitative estimate of drug-likeness (QED) is 0.742. The molecule has 16 heavy (non-hydrogen) atoms. The Hall–Kier alpha value is -2.02. The topological polar surface area (TPSA) is 81.7 Å². The van der Waals surface area contributed by atoms with Crippen LogP contribution < -0.4 is 11.1 Å². The molecule has 6 nitrogen and oxygen atoms in total. The summed E-state index contributed by atoms with van der Waals surface area (Å²) in [6, 6.07) is 7.38. The summed E-state index contributed by atoms with van der Waals surface area (Å²) in [4.78, 5) is 1.46. The summed E-state index contributed by atoms with van der Waals surface area (Å²) in [6.07, 6.45) is 0. The zero-order valence-corrected chi connectivity index (χ0v) is 9.40. The van der Waals surface area contributed by atoms with E-state index in [1.165, 1.54) is 4.80 Å². The van der Waals surface area contributed by atoms with Gasteiger partial charge in [0.15, 0.2) is 10.9 Å². The lowest BCUT2D eigenvalue weighted by Crippen LogP contribution is -2.18. The van der Waals surface area contributed by atoms with Crippen LogP contribution in [0.3, 0.4) is 0 Å². The van der Waals surface area contributed by atoms with Gasteiger partial charge in [-0.25, -0.2) is 0 Å². The average Bonchev–Trinajstić information content (AvgIpc) is 2.65. The van der Waals surface area contributed by atoms with E-state index in [0.29, 0.717) is 5.82 Å². The number of nitrogens with two attached hydrogens (primary N) is 1. The van der Waals surface area contributed by atoms with Crippen LogP contribution in [0.2, 0.25) is 0 Å². The first-order valence-electron chi connectivity index (χ1n) is 4.58. The van der Waals surface area contributed by atoms with Gasteiger partial charge in [-0.05, 0) is 48.6 Å². The number of thiocarbonyl (C=S) groups is 1. The molecule has 0 radical (unpaired) electrons. The maximum Gasteiger partial charge on any atom is 0.172 e. The SMILES string of the molecule is Cc1nnn(-c2ccc(NC(N)=S)cc2)n1. The highest BCUT2D eigenvalue weighted by atomic mass is 32.1. The van der Waals surface area contributed by atoms with Crippen LogP contribution in [0.1, 0.15) is 5.82 Å². The average molecular weight is 234 g/mol. The van der Waals surface area contributed by atoms with Crippen molar-refractivity contribution < 1.29 is 0 Å². The molecule has 0 aliphatic heterocycles. The molecular formula is C9H10N6S. The van der Waals surface area contributed by atoms with Crippen molar-refractivity contribution in [1.29, 1.82) is 0 Å². The predicted octanol–water partition coefficient (Wildman–Crippen LogP) is 0.626. The van der Waals surface area contributed by atoms with Crippen molar-refractivity contribution in [1.82, 2.24) is 20.2 Å². The fraction of sp³-hybridized carbons (Fsp3) is 0.111. The van der Waals surface area contributed by atoms with Crippen LogP contribution in [-0.2, 0) is 0 Å². The van der Waals surface area contributed by atoms with Crippen molar-refractivity contribution in [3.8, 4) is 5.69 Å². The Bertz CT molecular complexity index is 503. The van der Waals surface area contributed by atoms with Crippen LogP contribution in [0, 0.1) is 6.92 Å². The number of rotatable bonds is 2. The zero-order valence-electron chi connectivity index (χ0n) is 8.58. The number of anilines is 1. The molecule has 1 aromatic heterocycles. The monoisotopic (exact) mass is 234 g/mol. The Morgan fingerprint density at radius 1 is 1.38 bits per heavy atom. The normalized spacial score (nSPS) is 10.1. The van der Waals surface area contributed by atoms with E-state index in [-0.39, 0.29) is 5.11 Å². The number of nitrogens with one attached hydrogen (secondary N) is 1. The van der Waals surface area contributed by atoms with Crippen molar-refractivity contribution in [3.05, 3.63) is 30.1 Å². The molecule has 82 valence electrons. The van der Waals surface area contributed by atoms with Gasteiger partial charge in [-0.2, -0.15) is 0 Å². The van der Waals surface area contributed by atoms with Crippen LogP contribution in [0.25, 0.3) is 5.69 Å². The van der Waals surface area contributed by atoms with Gasteiger partial charge in [-0.3, -0.25) is 0 Å². The number of nitrogens with zero attached hydrogens (tertiary/aromatic N) is 4. The third-order valence-corrected chi connectivity index (χ3v) is 1.98. The Labute approximate surface area is 97.5 Å². The minimum atomic E-state index is 0.238. The van der Waals surface area contributed by atoms with Crippen LogP contribution in [0.15, 0.2) is 24.3 Å². The maximum atomic E-state index is 5.36. The smallest absolute Gasteiger partial charge is 0.172 e. The Morgan fingerprint density at radius 3 is 2.56 bits per heavy atom. The largest absolute Gasteiger partial charge is 0.376 e. The van der Waals surface area contributed by atoms with Crippen LogP contribution in [0.4, 0.5) is 5.69 Å². The molecule has 0 aliphatic rings. The fourth-order valence-electron chi connectivity index (χ4n) is 1.21. The molecule has 2 rings (SSSR count). The lowest BCUT2D eigenvalue weighted by molar-refractivity contribution is 0.719. The minimum Gasteiger partial charge on any atom is -0.376 e. The second kappa shape index (κ2) is 4.23. The van der Waals surface area contributed by atoms with E-state index in [0.717, 1.165) is 11.4 Å². The van der Waals surface area contributed by atoms with Crippen molar-refractivity contribution >= 4 is 23.0 Å². The highest BCUT2D eigenvalue weighted by Gasteiger charge is 2.01. The number of aromatic nitrogens is 4. The van der Waals surface area contributed by atoms with Crippen LogP contribution in [0.5, 0.6) is 0 Å². The molecule has 0 atom stereocenters. The fourth-order valence-corrected chi connectivity index (χ4v) is 1.33. The first kappa shape index (κ1) is 10.5. The van der Waals surface area contributed by atoms with E-state index in [1.54, 1.807) is 6.92 Å². The van der Waals surface area contributed by atoms with Gasteiger partial charge < -0.3 is 11.1 Å². The second-order valence-electron chi connectivity index (χ2n) is 3.16. The summed E-state index contributed by atoms with van der Waals surface area (Å²) < 4.78 is 0. The van der Waals surface area contributed by atoms with Gasteiger partial charge in [0.2, 0.25) is 0 Å². The third-order valence-electron chi connectivity index (χ3n) is 1.88. The van der Waals surface area contributed by atoms with E-state index >= 15 is 0 Å². The summed E-state index contributed by atoms with van der Waals surface area (Å²) in [7, 11) is 0. The third kappa shape index (κ3) is 2.31. The molecule has 0 fully saturated rings. The van der Waals surface area contributed by atoms with Gasteiger partial charge in [0, 0.05) is 5.69 Å². The van der Waals surface area contributed by atoms with E-state index < -0.39 is 0 Å². The molecule has 0 amide bonds. The summed E-state index contributed by atoms with van der Waals surface area (Å²) >= 11 is 4.73. The molecule has 0 saturated heterocycles. The minimum absolute atomic E-state index is 0.238. The summed E-state index contributed by atoms with van der Waals surface area (Å²) in [5, 5.41) is 14.8. The Balaban J connectivity index is 2.22. The maximum absolute atomic E-state index is 5.36. The van der Waals surface area contributed by atoms with Crippen LogP contribution >= 0.6 is 12.2 Å². The molecular weight excluding hydrogens is 224 g/mol. The molecule has 3 N–H and O–H groups in total.